The summed E-state index contributed by atoms with van der Waals surface area (Å²) < 4.78 is 5.30. The molecule has 1 aliphatic heterocycles. The standard InChI is InChI=1S/C15H29N3O3/c1-15(2,3)21-14(20)18-11-10-17(13(19)12-18)9-7-5-6-8-16-4/h16H,5-12H2,1-4H3. The summed E-state index contributed by atoms with van der Waals surface area (Å²) in [6.45, 7) is 8.56. The fourth-order valence-electron chi connectivity index (χ4n) is 2.21. The van der Waals surface area contributed by atoms with Crippen molar-refractivity contribution in [3.63, 3.8) is 0 Å². The van der Waals surface area contributed by atoms with Crippen molar-refractivity contribution in [2.75, 3.05) is 39.8 Å². The van der Waals surface area contributed by atoms with E-state index in [1.54, 1.807) is 0 Å². The number of carbonyl (C=O) groups is 2. The number of nitrogens with one attached hydrogen (secondary N) is 1. The molecule has 2 amide bonds. The second kappa shape index (κ2) is 8.22. The van der Waals surface area contributed by atoms with Crippen molar-refractivity contribution < 1.29 is 14.3 Å². The normalized spacial score (nSPS) is 16.3. The summed E-state index contributed by atoms with van der Waals surface area (Å²) in [4.78, 5) is 27.3. The molecule has 0 aromatic heterocycles. The van der Waals surface area contributed by atoms with E-state index in [0.717, 1.165) is 32.4 Å². The molecule has 122 valence electrons. The minimum atomic E-state index is -0.523. The van der Waals surface area contributed by atoms with Crippen LogP contribution in [-0.2, 0) is 9.53 Å². The van der Waals surface area contributed by atoms with Gasteiger partial charge in [0.25, 0.3) is 0 Å². The van der Waals surface area contributed by atoms with Gasteiger partial charge in [-0.25, -0.2) is 4.79 Å². The van der Waals surface area contributed by atoms with Crippen molar-refractivity contribution in [1.82, 2.24) is 15.1 Å². The van der Waals surface area contributed by atoms with Crippen LogP contribution in [0.4, 0.5) is 4.79 Å². The highest BCUT2D eigenvalue weighted by Gasteiger charge is 2.29. The summed E-state index contributed by atoms with van der Waals surface area (Å²) in [6.07, 6.45) is 2.85. The van der Waals surface area contributed by atoms with E-state index in [-0.39, 0.29) is 12.5 Å². The highest BCUT2D eigenvalue weighted by Crippen LogP contribution is 2.12. The van der Waals surface area contributed by atoms with Crippen molar-refractivity contribution in [1.29, 1.82) is 0 Å². The highest BCUT2D eigenvalue weighted by atomic mass is 16.6. The van der Waals surface area contributed by atoms with Crippen LogP contribution in [-0.4, -0.2) is 67.2 Å². The lowest BCUT2D eigenvalue weighted by Gasteiger charge is -2.35. The van der Waals surface area contributed by atoms with Crippen molar-refractivity contribution in [2.24, 2.45) is 0 Å². The number of hydrogen-bond donors (Lipinski definition) is 1. The zero-order valence-corrected chi connectivity index (χ0v) is 13.8. The van der Waals surface area contributed by atoms with Gasteiger partial charge in [0, 0.05) is 19.6 Å². The molecule has 1 fully saturated rings. The Labute approximate surface area is 127 Å². The van der Waals surface area contributed by atoms with E-state index in [1.807, 2.05) is 32.7 Å². The number of hydrogen-bond acceptors (Lipinski definition) is 4. The van der Waals surface area contributed by atoms with Crippen LogP contribution in [0.5, 0.6) is 0 Å². The van der Waals surface area contributed by atoms with Gasteiger partial charge in [-0.3, -0.25) is 9.69 Å². The quantitative estimate of drug-likeness (QED) is 0.754. The first-order valence-electron chi connectivity index (χ1n) is 7.74. The number of unbranched alkanes of at least 4 members (excludes halogenated alkanes) is 2. The summed E-state index contributed by atoms with van der Waals surface area (Å²) in [5, 5.41) is 3.11. The molecule has 1 rings (SSSR count). The van der Waals surface area contributed by atoms with E-state index in [2.05, 4.69) is 5.32 Å². The zero-order valence-electron chi connectivity index (χ0n) is 13.8. The molecule has 1 N–H and O–H groups in total. The molecule has 0 unspecified atom stereocenters. The lowest BCUT2D eigenvalue weighted by atomic mass is 10.2. The van der Waals surface area contributed by atoms with Crippen LogP contribution < -0.4 is 5.32 Å². The lowest BCUT2D eigenvalue weighted by molar-refractivity contribution is -0.135. The molecule has 6 heteroatoms. The molecule has 0 radical (unpaired) electrons. The number of ether oxygens (including phenoxy) is 1. The van der Waals surface area contributed by atoms with Gasteiger partial charge >= 0.3 is 6.09 Å². The first kappa shape index (κ1) is 17.8. The van der Waals surface area contributed by atoms with Crippen LogP contribution in [0.3, 0.4) is 0 Å². The van der Waals surface area contributed by atoms with Gasteiger partial charge in [-0.2, -0.15) is 0 Å². The number of amides is 2. The first-order valence-corrected chi connectivity index (χ1v) is 7.74. The second-order valence-electron chi connectivity index (χ2n) is 6.45. The Morgan fingerprint density at radius 2 is 1.95 bits per heavy atom. The average Bonchev–Trinajstić information content (AvgIpc) is 2.38. The Bertz CT molecular complexity index is 353. The van der Waals surface area contributed by atoms with Crippen molar-refractivity contribution in [3.05, 3.63) is 0 Å². The summed E-state index contributed by atoms with van der Waals surface area (Å²) >= 11 is 0. The second-order valence-corrected chi connectivity index (χ2v) is 6.45. The fraction of sp³-hybridized carbons (Fsp3) is 0.867. The molecule has 0 spiro atoms. The smallest absolute Gasteiger partial charge is 0.410 e. The van der Waals surface area contributed by atoms with E-state index >= 15 is 0 Å². The molecule has 6 nitrogen and oxygen atoms in total. The minimum Gasteiger partial charge on any atom is -0.444 e. The van der Waals surface area contributed by atoms with Crippen LogP contribution in [0.15, 0.2) is 0 Å². The Kier molecular flexibility index (Phi) is 6.95. The Morgan fingerprint density at radius 3 is 2.52 bits per heavy atom. The van der Waals surface area contributed by atoms with Crippen LogP contribution in [0.25, 0.3) is 0 Å². The summed E-state index contributed by atoms with van der Waals surface area (Å²) in [6, 6.07) is 0. The molecule has 0 aliphatic carbocycles. The van der Waals surface area contributed by atoms with Gasteiger partial charge in [0.2, 0.25) is 5.91 Å². The van der Waals surface area contributed by atoms with E-state index in [9.17, 15) is 9.59 Å². The fourth-order valence-corrected chi connectivity index (χ4v) is 2.21. The molecule has 0 aromatic rings. The third-order valence-corrected chi connectivity index (χ3v) is 3.33. The maximum atomic E-state index is 12.1. The van der Waals surface area contributed by atoms with E-state index < -0.39 is 11.7 Å². The number of nitrogens with zero attached hydrogens (tertiary/aromatic N) is 2. The average molecular weight is 299 g/mol. The van der Waals surface area contributed by atoms with Gasteiger partial charge < -0.3 is 15.0 Å². The molecular formula is C15H29N3O3. The maximum absolute atomic E-state index is 12.1. The molecule has 0 saturated carbocycles. The molecular weight excluding hydrogens is 270 g/mol. The lowest BCUT2D eigenvalue weighted by Crippen LogP contribution is -2.53. The first-order chi connectivity index (χ1) is 9.83. The predicted octanol–water partition coefficient (Wildman–Crippen LogP) is 1.46. The summed E-state index contributed by atoms with van der Waals surface area (Å²) in [7, 11) is 1.94. The summed E-state index contributed by atoms with van der Waals surface area (Å²) in [5.74, 6) is 0.0146. The van der Waals surface area contributed by atoms with Gasteiger partial charge in [-0.15, -0.1) is 0 Å². The van der Waals surface area contributed by atoms with E-state index in [1.165, 1.54) is 4.90 Å². The molecule has 0 atom stereocenters. The molecule has 21 heavy (non-hydrogen) atoms. The van der Waals surface area contributed by atoms with Crippen LogP contribution in [0.1, 0.15) is 40.0 Å². The number of carbonyl (C=O) groups excluding carboxylic acids is 2. The van der Waals surface area contributed by atoms with Gasteiger partial charge in [0.05, 0.1) is 0 Å². The van der Waals surface area contributed by atoms with Crippen molar-refractivity contribution in [2.45, 2.75) is 45.6 Å². The molecule has 1 saturated heterocycles. The number of piperazine rings is 1. The molecule has 1 heterocycles. The SMILES string of the molecule is CNCCCCCN1CCN(C(=O)OC(C)(C)C)CC1=O. The third-order valence-electron chi connectivity index (χ3n) is 3.33. The van der Waals surface area contributed by atoms with Gasteiger partial charge in [0.1, 0.15) is 12.1 Å². The Balaban J connectivity index is 2.30. The van der Waals surface area contributed by atoms with Gasteiger partial charge in [0.15, 0.2) is 0 Å². The topological polar surface area (TPSA) is 61.9 Å². The third kappa shape index (κ3) is 6.80. The van der Waals surface area contributed by atoms with Gasteiger partial charge in [-0.1, -0.05) is 6.42 Å². The van der Waals surface area contributed by atoms with E-state index in [0.29, 0.717) is 13.1 Å². The molecule has 0 bridgehead atoms. The zero-order chi connectivity index (χ0) is 15.9. The summed E-state index contributed by atoms with van der Waals surface area (Å²) in [5.41, 5.74) is -0.523. The highest BCUT2D eigenvalue weighted by molar-refractivity contribution is 5.83. The Morgan fingerprint density at radius 1 is 1.24 bits per heavy atom. The van der Waals surface area contributed by atoms with Crippen LogP contribution >= 0.6 is 0 Å². The van der Waals surface area contributed by atoms with Crippen LogP contribution in [0, 0.1) is 0 Å². The largest absolute Gasteiger partial charge is 0.444 e. The number of rotatable bonds is 6. The van der Waals surface area contributed by atoms with Gasteiger partial charge in [-0.05, 0) is 47.2 Å². The molecule has 1 aliphatic rings. The van der Waals surface area contributed by atoms with E-state index in [4.69, 9.17) is 4.74 Å². The van der Waals surface area contributed by atoms with Crippen molar-refractivity contribution >= 4 is 12.0 Å². The minimum absolute atomic E-state index is 0.0146. The maximum Gasteiger partial charge on any atom is 0.410 e. The predicted molar refractivity (Wildman–Crippen MR) is 82.2 cm³/mol. The monoisotopic (exact) mass is 299 g/mol. The Hall–Kier alpha value is -1.30. The van der Waals surface area contributed by atoms with Crippen molar-refractivity contribution in [3.8, 4) is 0 Å². The van der Waals surface area contributed by atoms with Crippen LogP contribution in [0.2, 0.25) is 0 Å². The molecule has 0 aromatic carbocycles.